The minimum Gasteiger partial charge on any atom is -0.346 e. The van der Waals surface area contributed by atoms with E-state index in [0.29, 0.717) is 10.4 Å². The number of rotatable bonds is 4. The molecule has 0 radical (unpaired) electrons. The molecule has 0 fully saturated rings. The Morgan fingerprint density at radius 2 is 1.89 bits per heavy atom. The van der Waals surface area contributed by atoms with Crippen molar-refractivity contribution in [1.29, 1.82) is 0 Å². The molecule has 0 saturated heterocycles. The number of para-hydroxylation sites is 1. The smallest absolute Gasteiger partial charge is 0.261 e. The Hall–Kier alpha value is -1.88. The van der Waals surface area contributed by atoms with Crippen LogP contribution < -0.4 is 10.7 Å². The molecule has 2 aromatic rings. The van der Waals surface area contributed by atoms with E-state index in [1.165, 1.54) is 0 Å². The van der Waals surface area contributed by atoms with Gasteiger partial charge in [-0.3, -0.25) is 9.59 Å². The van der Waals surface area contributed by atoms with Gasteiger partial charge in [0.25, 0.3) is 5.91 Å². The molecule has 1 unspecified atom stereocenters. The second kappa shape index (κ2) is 8.01. The molecule has 3 rings (SSSR count). The standard InChI is InChI=1S/C22H27BrN2O2/c1-5-15-8-7-9-16(6-2)20(15)24-22(27)18-17-11-10-13(3)12-25(17)14(4)19(23)21(18)26/h7-9,13H,5-6,10-12H2,1-4H3,(H,24,27). The molecule has 2 heterocycles. The van der Waals surface area contributed by atoms with Crippen LogP contribution in [0.25, 0.3) is 0 Å². The third-order valence-corrected chi connectivity index (χ3v) is 6.53. The van der Waals surface area contributed by atoms with Crippen molar-refractivity contribution in [2.75, 3.05) is 5.32 Å². The number of halogens is 1. The third kappa shape index (κ3) is 3.62. The van der Waals surface area contributed by atoms with Gasteiger partial charge >= 0.3 is 0 Å². The average Bonchev–Trinajstić information content (AvgIpc) is 2.67. The van der Waals surface area contributed by atoms with Crippen LogP contribution >= 0.6 is 15.9 Å². The molecule has 0 spiro atoms. The number of aromatic nitrogens is 1. The topological polar surface area (TPSA) is 51.1 Å². The van der Waals surface area contributed by atoms with Gasteiger partial charge in [0.2, 0.25) is 5.43 Å². The van der Waals surface area contributed by atoms with Gasteiger partial charge in [0.15, 0.2) is 0 Å². The fraction of sp³-hybridized carbons (Fsp3) is 0.455. The van der Waals surface area contributed by atoms with Gasteiger partial charge in [-0.05, 0) is 65.6 Å². The molecule has 1 aromatic carbocycles. The van der Waals surface area contributed by atoms with Gasteiger partial charge in [0.1, 0.15) is 5.56 Å². The number of aryl methyl sites for hydroxylation is 2. The SMILES string of the molecule is CCc1cccc(CC)c1NC(=O)c1c2n(c(C)c(Br)c1=O)CC(C)CC2. The van der Waals surface area contributed by atoms with Crippen LogP contribution in [0, 0.1) is 12.8 Å². The number of carbonyl (C=O) groups excluding carboxylic acids is 1. The van der Waals surface area contributed by atoms with Crippen LogP contribution in [0.5, 0.6) is 0 Å². The Bertz CT molecular complexity index is 924. The van der Waals surface area contributed by atoms with E-state index in [2.05, 4.69) is 46.6 Å². The van der Waals surface area contributed by atoms with Crippen LogP contribution in [0.1, 0.15) is 60.1 Å². The first-order chi connectivity index (χ1) is 12.9. The molecule has 27 heavy (non-hydrogen) atoms. The van der Waals surface area contributed by atoms with Gasteiger partial charge in [-0.25, -0.2) is 0 Å². The normalized spacial score (nSPS) is 16.1. The Balaban J connectivity index is 2.11. The quantitative estimate of drug-likeness (QED) is 0.751. The Morgan fingerprint density at radius 1 is 1.26 bits per heavy atom. The molecule has 144 valence electrons. The van der Waals surface area contributed by atoms with E-state index < -0.39 is 0 Å². The minimum atomic E-state index is -0.297. The van der Waals surface area contributed by atoms with E-state index in [1.807, 2.05) is 25.1 Å². The molecule has 0 aliphatic carbocycles. The molecule has 1 atom stereocenters. The predicted molar refractivity (Wildman–Crippen MR) is 114 cm³/mol. The van der Waals surface area contributed by atoms with Crippen molar-refractivity contribution in [2.24, 2.45) is 5.92 Å². The second-order valence-corrected chi connectivity index (χ2v) is 8.21. The highest BCUT2D eigenvalue weighted by atomic mass is 79.9. The summed E-state index contributed by atoms with van der Waals surface area (Å²) in [6.45, 7) is 9.14. The number of carbonyl (C=O) groups is 1. The number of nitrogens with zero attached hydrogens (tertiary/aromatic N) is 1. The Morgan fingerprint density at radius 3 is 2.48 bits per heavy atom. The lowest BCUT2D eigenvalue weighted by Crippen LogP contribution is -2.33. The summed E-state index contributed by atoms with van der Waals surface area (Å²) in [5.74, 6) is 0.239. The number of hydrogen-bond acceptors (Lipinski definition) is 2. The largest absolute Gasteiger partial charge is 0.346 e. The zero-order chi connectivity index (χ0) is 19.7. The Labute approximate surface area is 169 Å². The lowest BCUT2D eigenvalue weighted by atomic mass is 9.94. The van der Waals surface area contributed by atoms with E-state index in [4.69, 9.17) is 0 Å². The number of nitrogens with one attached hydrogen (secondary N) is 1. The van der Waals surface area contributed by atoms with E-state index in [9.17, 15) is 9.59 Å². The summed E-state index contributed by atoms with van der Waals surface area (Å²) in [7, 11) is 0. The lowest BCUT2D eigenvalue weighted by molar-refractivity contribution is 0.102. The highest BCUT2D eigenvalue weighted by Crippen LogP contribution is 2.28. The third-order valence-electron chi connectivity index (χ3n) is 5.60. The zero-order valence-corrected chi connectivity index (χ0v) is 18.1. The van der Waals surface area contributed by atoms with E-state index in [1.54, 1.807) is 0 Å². The van der Waals surface area contributed by atoms with Crippen LogP contribution in [-0.4, -0.2) is 10.5 Å². The van der Waals surface area contributed by atoms with Crippen LogP contribution in [0.4, 0.5) is 5.69 Å². The average molecular weight is 431 g/mol. The van der Waals surface area contributed by atoms with Gasteiger partial charge < -0.3 is 9.88 Å². The summed E-state index contributed by atoms with van der Waals surface area (Å²) in [5.41, 5.74) is 4.88. The van der Waals surface area contributed by atoms with E-state index in [0.717, 1.165) is 60.4 Å². The summed E-state index contributed by atoms with van der Waals surface area (Å²) in [5, 5.41) is 3.07. The number of hydrogen-bond donors (Lipinski definition) is 1. The monoisotopic (exact) mass is 430 g/mol. The van der Waals surface area contributed by atoms with Crippen molar-refractivity contribution in [3.63, 3.8) is 0 Å². The molecular formula is C22H27BrN2O2. The van der Waals surface area contributed by atoms with Crippen molar-refractivity contribution in [3.8, 4) is 0 Å². The van der Waals surface area contributed by atoms with Gasteiger partial charge in [-0.15, -0.1) is 0 Å². The number of benzene rings is 1. The van der Waals surface area contributed by atoms with Crippen molar-refractivity contribution in [2.45, 2.75) is 59.9 Å². The molecule has 1 aliphatic rings. The van der Waals surface area contributed by atoms with Crippen molar-refractivity contribution >= 4 is 27.5 Å². The molecule has 1 aromatic heterocycles. The molecule has 5 heteroatoms. The van der Waals surface area contributed by atoms with E-state index >= 15 is 0 Å². The molecule has 1 aliphatic heterocycles. The van der Waals surface area contributed by atoms with Crippen LogP contribution in [0.15, 0.2) is 27.5 Å². The van der Waals surface area contributed by atoms with Gasteiger partial charge in [0.05, 0.1) is 4.47 Å². The maximum atomic E-state index is 13.2. The highest BCUT2D eigenvalue weighted by molar-refractivity contribution is 9.10. The summed E-state index contributed by atoms with van der Waals surface area (Å²) in [6, 6.07) is 6.08. The first-order valence-electron chi connectivity index (χ1n) is 9.72. The summed E-state index contributed by atoms with van der Waals surface area (Å²) in [6.07, 6.45) is 3.40. The molecule has 0 bridgehead atoms. The van der Waals surface area contributed by atoms with Crippen LogP contribution in [-0.2, 0) is 25.8 Å². The summed E-state index contributed by atoms with van der Waals surface area (Å²) >= 11 is 3.43. The van der Waals surface area contributed by atoms with Crippen molar-refractivity contribution < 1.29 is 4.79 Å². The summed E-state index contributed by atoms with van der Waals surface area (Å²) < 4.78 is 2.63. The highest BCUT2D eigenvalue weighted by Gasteiger charge is 2.27. The van der Waals surface area contributed by atoms with Crippen LogP contribution in [0.2, 0.25) is 0 Å². The molecule has 1 N–H and O–H groups in total. The Kier molecular flexibility index (Phi) is 5.89. The van der Waals surface area contributed by atoms with Gasteiger partial charge in [-0.1, -0.05) is 39.0 Å². The fourth-order valence-electron chi connectivity index (χ4n) is 3.97. The van der Waals surface area contributed by atoms with Crippen molar-refractivity contribution in [1.82, 2.24) is 4.57 Å². The predicted octanol–water partition coefficient (Wildman–Crippen LogP) is 4.88. The zero-order valence-electron chi connectivity index (χ0n) is 16.5. The fourth-order valence-corrected chi connectivity index (χ4v) is 4.38. The van der Waals surface area contributed by atoms with Gasteiger partial charge in [-0.2, -0.15) is 0 Å². The number of amides is 1. The molecule has 1 amide bonds. The van der Waals surface area contributed by atoms with Crippen LogP contribution in [0.3, 0.4) is 0 Å². The number of anilines is 1. The van der Waals surface area contributed by atoms with Crippen molar-refractivity contribution in [3.05, 3.63) is 61.0 Å². The molecular weight excluding hydrogens is 404 g/mol. The maximum absolute atomic E-state index is 13.2. The lowest BCUT2D eigenvalue weighted by Gasteiger charge is -2.28. The molecule has 0 saturated carbocycles. The summed E-state index contributed by atoms with van der Waals surface area (Å²) in [4.78, 5) is 26.2. The number of fused-ring (bicyclic) bond motifs is 1. The number of pyridine rings is 1. The minimum absolute atomic E-state index is 0.210. The second-order valence-electron chi connectivity index (χ2n) is 7.42. The molecule has 4 nitrogen and oxygen atoms in total. The van der Waals surface area contributed by atoms with Gasteiger partial charge in [0, 0.05) is 23.6 Å². The first-order valence-corrected chi connectivity index (χ1v) is 10.5. The first kappa shape index (κ1) is 19.9. The van der Waals surface area contributed by atoms with E-state index in [-0.39, 0.29) is 16.9 Å². The maximum Gasteiger partial charge on any atom is 0.261 e.